The minimum Gasteiger partial charge on any atom is -0.383 e. The van der Waals surface area contributed by atoms with Gasteiger partial charge in [0.15, 0.2) is 0 Å². The number of rotatable bonds is 5. The SMILES string of the molecule is CC(C1CC1)C(O)(CN1CN=CN1)c1ccc(Cl)cc1. The molecule has 3 rings (SSSR count). The number of benzene rings is 1. The fourth-order valence-electron chi connectivity index (χ4n) is 2.91. The lowest BCUT2D eigenvalue weighted by atomic mass is 9.79. The van der Waals surface area contributed by atoms with Crippen LogP contribution in [0, 0.1) is 11.8 Å². The molecule has 1 aliphatic heterocycles. The van der Waals surface area contributed by atoms with Crippen LogP contribution in [0.5, 0.6) is 0 Å². The molecule has 0 spiro atoms. The topological polar surface area (TPSA) is 47.9 Å². The number of halogens is 1. The Bertz CT molecular complexity index is 492. The number of nitrogens with one attached hydrogen (secondary N) is 1. The van der Waals surface area contributed by atoms with Crippen molar-refractivity contribution in [3.63, 3.8) is 0 Å². The summed E-state index contributed by atoms with van der Waals surface area (Å²) in [5.74, 6) is 0.824. The molecule has 2 aliphatic rings. The highest BCUT2D eigenvalue weighted by Crippen LogP contribution is 2.46. The van der Waals surface area contributed by atoms with Crippen LogP contribution in [0.4, 0.5) is 0 Å². The van der Waals surface area contributed by atoms with E-state index in [-0.39, 0.29) is 5.92 Å². The molecular weight excluding hydrogens is 274 g/mol. The molecule has 0 saturated heterocycles. The molecule has 0 aromatic heterocycles. The summed E-state index contributed by atoms with van der Waals surface area (Å²) in [4.78, 5) is 4.13. The van der Waals surface area contributed by atoms with Gasteiger partial charge >= 0.3 is 0 Å². The molecule has 108 valence electrons. The molecule has 0 radical (unpaired) electrons. The molecule has 1 saturated carbocycles. The lowest BCUT2D eigenvalue weighted by molar-refractivity contribution is -0.0566. The lowest BCUT2D eigenvalue weighted by Gasteiger charge is -2.37. The molecule has 2 unspecified atom stereocenters. The molecule has 2 N–H and O–H groups in total. The first-order valence-corrected chi connectivity index (χ1v) is 7.45. The van der Waals surface area contributed by atoms with Crippen LogP contribution in [0.25, 0.3) is 0 Å². The van der Waals surface area contributed by atoms with Crippen molar-refractivity contribution < 1.29 is 5.11 Å². The van der Waals surface area contributed by atoms with Gasteiger partial charge in [-0.3, -0.25) is 4.99 Å². The van der Waals surface area contributed by atoms with Crippen molar-refractivity contribution in [3.05, 3.63) is 34.9 Å². The molecule has 1 aromatic carbocycles. The second kappa shape index (κ2) is 5.35. The number of aliphatic hydroxyl groups is 1. The van der Waals surface area contributed by atoms with Crippen molar-refractivity contribution in [2.45, 2.75) is 25.4 Å². The molecule has 20 heavy (non-hydrogen) atoms. The van der Waals surface area contributed by atoms with Gasteiger partial charge in [-0.2, -0.15) is 5.01 Å². The average Bonchev–Trinajstić information content (AvgIpc) is 3.17. The van der Waals surface area contributed by atoms with Crippen LogP contribution >= 0.6 is 11.6 Å². The van der Waals surface area contributed by atoms with Gasteiger partial charge in [0.2, 0.25) is 0 Å². The van der Waals surface area contributed by atoms with Gasteiger partial charge in [-0.15, -0.1) is 0 Å². The molecule has 0 bridgehead atoms. The third-order valence-corrected chi connectivity index (χ3v) is 4.69. The number of aliphatic imine (C=N–C) groups is 1. The first kappa shape index (κ1) is 13.9. The smallest absolute Gasteiger partial charge is 0.110 e. The Morgan fingerprint density at radius 3 is 2.70 bits per heavy atom. The molecule has 0 amide bonds. The van der Waals surface area contributed by atoms with E-state index in [2.05, 4.69) is 17.3 Å². The standard InChI is InChI=1S/C15H20ClN3O/c1-11(12-2-3-12)15(20,8-19-10-17-9-18-19)13-4-6-14(16)7-5-13/h4-7,9,11-12,20H,2-3,8,10H2,1H3,(H,17,18). The van der Waals surface area contributed by atoms with Gasteiger partial charge in [0.1, 0.15) is 12.3 Å². The van der Waals surface area contributed by atoms with Crippen molar-refractivity contribution in [2.24, 2.45) is 16.8 Å². The fraction of sp³-hybridized carbons (Fsp3) is 0.533. The van der Waals surface area contributed by atoms with Crippen LogP contribution in [0.15, 0.2) is 29.3 Å². The Balaban J connectivity index is 1.86. The number of β-amino-alcohol motifs (C(OH)–C–C–N with tert-alkyl or cyclic N) is 1. The largest absolute Gasteiger partial charge is 0.383 e. The van der Waals surface area contributed by atoms with E-state index in [4.69, 9.17) is 11.6 Å². The Morgan fingerprint density at radius 2 is 2.15 bits per heavy atom. The van der Waals surface area contributed by atoms with E-state index < -0.39 is 5.60 Å². The minimum atomic E-state index is -0.882. The summed E-state index contributed by atoms with van der Waals surface area (Å²) in [7, 11) is 0. The predicted octanol–water partition coefficient (Wildman–Crippen LogP) is 2.38. The normalized spacial score (nSPS) is 23.4. The number of hydrogen-bond acceptors (Lipinski definition) is 4. The van der Waals surface area contributed by atoms with Crippen LogP contribution in [-0.4, -0.2) is 29.7 Å². The number of hydrazine groups is 1. The highest BCUT2D eigenvalue weighted by Gasteiger charge is 2.45. The highest BCUT2D eigenvalue weighted by molar-refractivity contribution is 6.30. The zero-order chi connectivity index (χ0) is 14.2. The second-order valence-corrected chi connectivity index (χ2v) is 6.27. The van der Waals surface area contributed by atoms with Gasteiger partial charge in [-0.05, 0) is 42.4 Å². The number of hydrogen-bond donors (Lipinski definition) is 2. The van der Waals surface area contributed by atoms with E-state index >= 15 is 0 Å². The third kappa shape index (κ3) is 2.68. The van der Waals surface area contributed by atoms with E-state index in [1.165, 1.54) is 12.8 Å². The quantitative estimate of drug-likeness (QED) is 0.876. The molecule has 1 aliphatic carbocycles. The van der Waals surface area contributed by atoms with Crippen LogP contribution in [0.1, 0.15) is 25.3 Å². The molecule has 1 aromatic rings. The summed E-state index contributed by atoms with van der Waals surface area (Å²) in [6.45, 7) is 3.24. The van der Waals surface area contributed by atoms with Gasteiger partial charge in [0, 0.05) is 5.02 Å². The molecule has 1 heterocycles. The van der Waals surface area contributed by atoms with Crippen molar-refractivity contribution in [2.75, 3.05) is 13.2 Å². The summed E-state index contributed by atoms with van der Waals surface area (Å²) >= 11 is 5.96. The first-order valence-electron chi connectivity index (χ1n) is 7.07. The van der Waals surface area contributed by atoms with Crippen LogP contribution in [0.2, 0.25) is 5.02 Å². The Hall–Kier alpha value is -1.10. The second-order valence-electron chi connectivity index (χ2n) is 5.84. The van der Waals surface area contributed by atoms with Crippen LogP contribution in [-0.2, 0) is 5.60 Å². The Kier molecular flexibility index (Phi) is 3.71. The highest BCUT2D eigenvalue weighted by atomic mass is 35.5. The summed E-state index contributed by atoms with van der Waals surface area (Å²) in [5.41, 5.74) is 3.11. The van der Waals surface area contributed by atoms with Crippen molar-refractivity contribution >= 4 is 17.9 Å². The van der Waals surface area contributed by atoms with Crippen LogP contribution in [0.3, 0.4) is 0 Å². The molecular formula is C15H20ClN3O. The third-order valence-electron chi connectivity index (χ3n) is 4.44. The van der Waals surface area contributed by atoms with Gasteiger partial charge in [-0.25, -0.2) is 0 Å². The molecule has 1 fully saturated rings. The van der Waals surface area contributed by atoms with Crippen molar-refractivity contribution in [1.29, 1.82) is 0 Å². The summed E-state index contributed by atoms with van der Waals surface area (Å²) < 4.78 is 0. The summed E-state index contributed by atoms with van der Waals surface area (Å²) in [5, 5.41) is 14.0. The average molecular weight is 294 g/mol. The van der Waals surface area contributed by atoms with E-state index in [1.54, 1.807) is 6.34 Å². The minimum absolute atomic E-state index is 0.214. The van der Waals surface area contributed by atoms with E-state index in [9.17, 15) is 5.11 Å². The maximum absolute atomic E-state index is 11.3. The van der Waals surface area contributed by atoms with Gasteiger partial charge in [0.25, 0.3) is 0 Å². The Labute approximate surface area is 124 Å². The number of nitrogens with zero attached hydrogens (tertiary/aromatic N) is 2. The lowest BCUT2D eigenvalue weighted by Crippen LogP contribution is -2.48. The maximum Gasteiger partial charge on any atom is 0.110 e. The van der Waals surface area contributed by atoms with Crippen molar-refractivity contribution in [3.8, 4) is 0 Å². The summed E-state index contributed by atoms with van der Waals surface area (Å²) in [6.07, 6.45) is 4.09. The zero-order valence-electron chi connectivity index (χ0n) is 11.6. The van der Waals surface area contributed by atoms with Gasteiger partial charge in [0.05, 0.1) is 12.9 Å². The van der Waals surface area contributed by atoms with Crippen LogP contribution < -0.4 is 5.43 Å². The fourth-order valence-corrected chi connectivity index (χ4v) is 3.04. The zero-order valence-corrected chi connectivity index (χ0v) is 12.3. The van der Waals surface area contributed by atoms with E-state index in [0.717, 1.165) is 5.56 Å². The summed E-state index contributed by atoms with van der Waals surface area (Å²) in [6, 6.07) is 7.54. The van der Waals surface area contributed by atoms with Gasteiger partial charge < -0.3 is 10.5 Å². The predicted molar refractivity (Wildman–Crippen MR) is 80.4 cm³/mol. The monoisotopic (exact) mass is 293 g/mol. The maximum atomic E-state index is 11.3. The Morgan fingerprint density at radius 1 is 1.45 bits per heavy atom. The van der Waals surface area contributed by atoms with E-state index in [1.807, 2.05) is 29.3 Å². The molecule has 5 heteroatoms. The van der Waals surface area contributed by atoms with Gasteiger partial charge in [-0.1, -0.05) is 30.7 Å². The molecule has 2 atom stereocenters. The first-order chi connectivity index (χ1) is 9.59. The van der Waals surface area contributed by atoms with E-state index in [0.29, 0.717) is 24.2 Å². The van der Waals surface area contributed by atoms with Crippen molar-refractivity contribution in [1.82, 2.24) is 10.4 Å². The molecule has 4 nitrogen and oxygen atoms in total.